The van der Waals surface area contributed by atoms with Gasteiger partial charge in [0.05, 0.1) is 28.2 Å². The van der Waals surface area contributed by atoms with E-state index in [2.05, 4.69) is 33.1 Å². The summed E-state index contributed by atoms with van der Waals surface area (Å²) in [5, 5.41) is 10.8. The van der Waals surface area contributed by atoms with E-state index in [1.807, 2.05) is 50.1 Å². The summed E-state index contributed by atoms with van der Waals surface area (Å²) in [5.41, 5.74) is 3.65. The van der Waals surface area contributed by atoms with E-state index in [1.165, 1.54) is 0 Å². The Labute approximate surface area is 152 Å². The van der Waals surface area contributed by atoms with Crippen LogP contribution in [0.25, 0.3) is 0 Å². The summed E-state index contributed by atoms with van der Waals surface area (Å²) in [6.45, 7) is 0. The molecule has 146 valence electrons. The number of nitrogens with zero attached hydrogens (tertiary/aromatic N) is 5. The van der Waals surface area contributed by atoms with Gasteiger partial charge in [0, 0.05) is 0 Å². The van der Waals surface area contributed by atoms with Crippen molar-refractivity contribution in [2.24, 2.45) is 0 Å². The molecule has 1 aliphatic rings. The van der Waals surface area contributed by atoms with Gasteiger partial charge in [0.2, 0.25) is 5.82 Å². The Bertz CT molecular complexity index is 673. The number of nitrogens with one attached hydrogen (secondary N) is 1. The second kappa shape index (κ2) is 6.16. The molecule has 0 unspecified atom stereocenters. The predicted molar refractivity (Wildman–Crippen MR) is 90.2 cm³/mol. The van der Waals surface area contributed by atoms with Crippen LogP contribution in [0.4, 0.5) is 36.7 Å². The normalized spacial score (nSPS) is 16.0. The van der Waals surface area contributed by atoms with E-state index in [0.717, 1.165) is 20.5 Å². The maximum absolute atomic E-state index is 10.7. The number of fused-ring (bicyclic) bond motifs is 1. The fourth-order valence-electron chi connectivity index (χ4n) is 1.90. The maximum atomic E-state index is 9.87. The van der Waals surface area contributed by atoms with Crippen molar-refractivity contribution >= 4 is 47.9 Å². The van der Waals surface area contributed by atoms with Gasteiger partial charge in [0.25, 0.3) is 0 Å². The predicted octanol–water partition coefficient (Wildman–Crippen LogP) is 3.82. The quantitative estimate of drug-likeness (QED) is 0.139. The molecule has 15 heteroatoms. The van der Waals surface area contributed by atoms with Crippen LogP contribution in [0.15, 0.2) is 12.1 Å². The molecule has 0 fully saturated rings. The van der Waals surface area contributed by atoms with Crippen molar-refractivity contribution in [3.63, 3.8) is 0 Å². The first-order valence-corrected chi connectivity index (χ1v) is 9.47. The third kappa shape index (κ3) is 7.64. The molecule has 0 aromatic carbocycles. The van der Waals surface area contributed by atoms with Crippen molar-refractivity contribution in [2.75, 3.05) is 33.4 Å². The summed E-state index contributed by atoms with van der Waals surface area (Å²) in [7, 11) is -2.89. The second-order valence-electron chi connectivity index (χ2n) is 5.27. The third-order valence-corrected chi connectivity index (χ3v) is 3.06. The molecular weight excluding hydrogens is 492 g/mol. The Morgan fingerprint density at radius 3 is 1.96 bits per heavy atom. The van der Waals surface area contributed by atoms with Crippen molar-refractivity contribution in [3.8, 4) is 0 Å². The third-order valence-electron chi connectivity index (χ3n) is 2.46. The molecule has 0 saturated carbocycles. The van der Waals surface area contributed by atoms with Crippen molar-refractivity contribution in [3.05, 3.63) is 15.8 Å². The molecule has 0 amide bonds. The number of halogens is 7. The van der Waals surface area contributed by atoms with Crippen molar-refractivity contribution in [1.82, 2.24) is 20.3 Å². The van der Waals surface area contributed by atoms with Gasteiger partial charge in [-0.2, -0.15) is 5.53 Å². The number of hydrogen-bond donors (Lipinski definition) is 2. The van der Waals surface area contributed by atoms with Gasteiger partial charge in [-0.25, -0.2) is 4.98 Å². The average Bonchev–Trinajstić information content (AvgIpc) is 2.61. The van der Waals surface area contributed by atoms with Gasteiger partial charge in [0.15, 0.2) is 5.69 Å². The van der Waals surface area contributed by atoms with Gasteiger partial charge in [-0.05, 0) is 34.7 Å². The monoisotopic (exact) mass is 508 g/mol. The average molecular weight is 508 g/mol. The number of anilines is 1. The molecule has 0 bridgehead atoms. The number of guanidine groups is 1. The molecule has 2 N–H and O–H groups in total. The zero-order valence-corrected chi connectivity index (χ0v) is 16.5. The van der Waals surface area contributed by atoms with E-state index in [0.29, 0.717) is 5.82 Å². The summed E-state index contributed by atoms with van der Waals surface area (Å²) in [4.78, 5) is 8.20. The van der Waals surface area contributed by atoms with E-state index < -0.39 is 7.81 Å². The van der Waals surface area contributed by atoms with Crippen LogP contribution in [-0.4, -0.2) is 58.8 Å². The van der Waals surface area contributed by atoms with E-state index in [9.17, 15) is 30.4 Å². The number of hydrazine groups is 2. The molecule has 2 heterocycles. The summed E-state index contributed by atoms with van der Waals surface area (Å²) >= 11 is 2.11. The molecule has 0 spiro atoms. The van der Waals surface area contributed by atoms with Crippen molar-refractivity contribution < 1.29 is 35.1 Å². The Balaban J connectivity index is 0.000000381. The standard InChI is InChI=1S/C10H16IN6O.F6P/c1-14(2)10(15(3)4)16-7-5-6-8(11)12-9(7)17(18)13-16;1-7(2,3,4,5)6/h5-6,13,18H,1-4H3;/q+1;-1. The fraction of sp³-hybridized carbons (Fsp3) is 0.400. The molecule has 0 aliphatic carbocycles. The minimum absolute atomic E-state index is 0.489. The molecule has 25 heavy (non-hydrogen) atoms. The number of hydrazone groups is 1. The van der Waals surface area contributed by atoms with Crippen LogP contribution in [0.1, 0.15) is 0 Å². The molecule has 0 atom stereocenters. The van der Waals surface area contributed by atoms with E-state index in [1.54, 1.807) is 4.68 Å². The first-order chi connectivity index (χ1) is 10.9. The van der Waals surface area contributed by atoms with Crippen LogP contribution in [0.2, 0.25) is 0 Å². The van der Waals surface area contributed by atoms with Crippen LogP contribution in [-0.2, 0) is 0 Å². The second-order valence-corrected chi connectivity index (χ2v) is 8.29. The summed E-state index contributed by atoms with van der Waals surface area (Å²) < 4.78 is 61.8. The number of rotatable bonds is 0. The topological polar surface area (TPSA) is 57.9 Å². The summed E-state index contributed by atoms with van der Waals surface area (Å²) in [6.07, 6.45) is 0. The Morgan fingerprint density at radius 2 is 1.56 bits per heavy atom. The molecule has 1 aromatic rings. The number of hydrogen-bond acceptors (Lipinski definition) is 4. The van der Waals surface area contributed by atoms with Crippen LogP contribution < -0.4 is 10.7 Å². The fourth-order valence-corrected chi connectivity index (χ4v) is 2.31. The van der Waals surface area contributed by atoms with E-state index >= 15 is 0 Å². The van der Waals surface area contributed by atoms with Gasteiger partial charge < -0.3 is 0 Å². The van der Waals surface area contributed by atoms with Gasteiger partial charge in [-0.3, -0.25) is 15.0 Å². The van der Waals surface area contributed by atoms with Crippen LogP contribution in [0.5, 0.6) is 0 Å². The number of pyridine rings is 1. The SMILES string of the molecule is CN(C)C(N(C)C)=[N+]1NN(O)c2nc(I)ccc21.F[P-](F)(F)(F)(F)F. The molecule has 0 radical (unpaired) electrons. The number of aromatic nitrogens is 1. The Morgan fingerprint density at radius 1 is 1.12 bits per heavy atom. The van der Waals surface area contributed by atoms with Crippen LogP contribution >= 0.6 is 30.4 Å². The van der Waals surface area contributed by atoms with Gasteiger partial charge in [-0.1, -0.05) is 0 Å². The Hall–Kier alpha value is -1.28. The summed E-state index contributed by atoms with van der Waals surface area (Å²) in [6, 6.07) is 3.82. The van der Waals surface area contributed by atoms with E-state index in [4.69, 9.17) is 0 Å². The summed E-state index contributed by atoms with van der Waals surface area (Å²) in [5.74, 6) is 1.37. The van der Waals surface area contributed by atoms with Gasteiger partial charge in [0.1, 0.15) is 3.70 Å². The van der Waals surface area contributed by atoms with Crippen molar-refractivity contribution in [2.45, 2.75) is 0 Å². The Kier molecular flexibility index (Phi) is 5.36. The first-order valence-electron chi connectivity index (χ1n) is 6.37. The zero-order valence-electron chi connectivity index (χ0n) is 13.4. The molecule has 7 nitrogen and oxygen atoms in total. The van der Waals surface area contributed by atoms with Crippen LogP contribution in [0.3, 0.4) is 0 Å². The molecule has 0 saturated heterocycles. The van der Waals surface area contributed by atoms with E-state index in [-0.39, 0.29) is 0 Å². The molecular formula is C10H16F6IN6OP. The van der Waals surface area contributed by atoms with Gasteiger partial charge >= 0.3 is 38.9 Å². The molecule has 2 rings (SSSR count). The first kappa shape index (κ1) is 21.8. The van der Waals surface area contributed by atoms with Crippen molar-refractivity contribution in [1.29, 1.82) is 0 Å². The zero-order chi connectivity index (χ0) is 19.9. The molecule has 1 aliphatic heterocycles. The minimum atomic E-state index is -10.7. The van der Waals surface area contributed by atoms with Gasteiger partial charge in [-0.15, -0.1) is 9.86 Å². The molecule has 1 aromatic heterocycles. The van der Waals surface area contributed by atoms with Crippen LogP contribution in [0, 0.1) is 3.70 Å².